The smallest absolute Gasteiger partial charge is 0.192 e. The number of aromatic nitrogens is 3. The van der Waals surface area contributed by atoms with Crippen molar-refractivity contribution in [2.75, 3.05) is 0 Å². The number of ether oxygens (including phenoxy) is 1. The standard InChI is InChI=1S/C30H31N3O2S/c1-5-19-33-27(20-35-26-17-11-23(6-2)12-18-26)31-32-30(33)36-29(25-15-9-22(4)10-16-25)28(34)24-13-7-21(3)8-14-24/h5,7-18,29H,1,6,19-20H2,2-4H3/t29-/m0/s1. The van der Waals surface area contributed by atoms with Crippen LogP contribution < -0.4 is 4.74 Å². The lowest BCUT2D eigenvalue weighted by molar-refractivity contribution is 0.0989. The highest BCUT2D eigenvalue weighted by Crippen LogP contribution is 2.37. The van der Waals surface area contributed by atoms with Gasteiger partial charge in [-0.2, -0.15) is 0 Å². The fraction of sp³-hybridized carbons (Fsp3) is 0.233. The van der Waals surface area contributed by atoms with Gasteiger partial charge in [-0.05, 0) is 43.5 Å². The van der Waals surface area contributed by atoms with Gasteiger partial charge in [-0.3, -0.25) is 9.36 Å². The summed E-state index contributed by atoms with van der Waals surface area (Å²) in [6.07, 6.45) is 2.79. The number of rotatable bonds is 11. The molecule has 0 aliphatic rings. The molecule has 184 valence electrons. The molecule has 0 aliphatic carbocycles. The van der Waals surface area contributed by atoms with E-state index in [0.29, 0.717) is 23.1 Å². The van der Waals surface area contributed by atoms with Gasteiger partial charge in [0.25, 0.3) is 0 Å². The third kappa shape index (κ3) is 6.13. The van der Waals surface area contributed by atoms with E-state index in [0.717, 1.165) is 28.9 Å². The van der Waals surface area contributed by atoms with Crippen LogP contribution in [-0.2, 0) is 19.6 Å². The maximum atomic E-state index is 13.7. The number of Topliss-reactive ketones (excluding diaryl/α,β-unsaturated/α-hetero) is 1. The molecule has 0 saturated heterocycles. The van der Waals surface area contributed by atoms with Gasteiger partial charge in [-0.25, -0.2) is 0 Å². The highest BCUT2D eigenvalue weighted by Gasteiger charge is 2.26. The van der Waals surface area contributed by atoms with Crippen LogP contribution in [0.3, 0.4) is 0 Å². The second-order valence-electron chi connectivity index (χ2n) is 8.72. The minimum Gasteiger partial charge on any atom is -0.486 e. The Hall–Kier alpha value is -3.64. The van der Waals surface area contributed by atoms with Crippen molar-refractivity contribution in [2.45, 2.75) is 50.8 Å². The maximum absolute atomic E-state index is 13.7. The van der Waals surface area contributed by atoms with E-state index in [1.54, 1.807) is 6.08 Å². The molecule has 4 rings (SSSR count). The second-order valence-corrected chi connectivity index (χ2v) is 9.80. The number of benzene rings is 3. The molecular formula is C30H31N3O2S. The Morgan fingerprint density at radius 3 is 2.22 bits per heavy atom. The number of ketones is 1. The molecule has 3 aromatic carbocycles. The van der Waals surface area contributed by atoms with Crippen molar-refractivity contribution in [3.63, 3.8) is 0 Å². The van der Waals surface area contributed by atoms with E-state index in [4.69, 9.17) is 4.74 Å². The zero-order valence-electron chi connectivity index (χ0n) is 21.0. The van der Waals surface area contributed by atoms with Gasteiger partial charge < -0.3 is 4.74 Å². The van der Waals surface area contributed by atoms with Gasteiger partial charge in [-0.1, -0.05) is 96.6 Å². The molecule has 0 unspecified atom stereocenters. The van der Waals surface area contributed by atoms with E-state index in [9.17, 15) is 4.79 Å². The zero-order chi connectivity index (χ0) is 25.5. The topological polar surface area (TPSA) is 57.0 Å². The van der Waals surface area contributed by atoms with Gasteiger partial charge in [0.1, 0.15) is 17.6 Å². The van der Waals surface area contributed by atoms with Gasteiger partial charge in [-0.15, -0.1) is 16.8 Å². The summed E-state index contributed by atoms with van der Waals surface area (Å²) in [4.78, 5) is 13.7. The summed E-state index contributed by atoms with van der Waals surface area (Å²) < 4.78 is 7.95. The molecule has 1 atom stereocenters. The van der Waals surface area contributed by atoms with Gasteiger partial charge in [0.05, 0.1) is 0 Å². The molecule has 6 heteroatoms. The Bertz CT molecular complexity index is 1310. The van der Waals surface area contributed by atoms with Crippen molar-refractivity contribution in [3.05, 3.63) is 119 Å². The largest absolute Gasteiger partial charge is 0.486 e. The Balaban J connectivity index is 1.61. The Morgan fingerprint density at radius 2 is 1.61 bits per heavy atom. The average Bonchev–Trinajstić information content (AvgIpc) is 3.28. The molecule has 0 radical (unpaired) electrons. The highest BCUT2D eigenvalue weighted by atomic mass is 32.2. The van der Waals surface area contributed by atoms with Crippen LogP contribution >= 0.6 is 11.8 Å². The van der Waals surface area contributed by atoms with Crippen LogP contribution in [-0.4, -0.2) is 20.5 Å². The van der Waals surface area contributed by atoms with E-state index in [1.165, 1.54) is 17.3 Å². The van der Waals surface area contributed by atoms with Gasteiger partial charge in [0.2, 0.25) is 0 Å². The second kappa shape index (κ2) is 11.9. The minimum absolute atomic E-state index is 0.0332. The first-order valence-corrected chi connectivity index (χ1v) is 12.9. The normalized spacial score (nSPS) is 11.8. The number of hydrogen-bond donors (Lipinski definition) is 0. The van der Waals surface area contributed by atoms with Crippen molar-refractivity contribution in [1.82, 2.24) is 14.8 Å². The first-order chi connectivity index (χ1) is 17.5. The van der Waals surface area contributed by atoms with Crippen molar-refractivity contribution in [2.24, 2.45) is 0 Å². The number of allylic oxidation sites excluding steroid dienone is 1. The molecule has 36 heavy (non-hydrogen) atoms. The third-order valence-electron chi connectivity index (χ3n) is 5.98. The summed E-state index contributed by atoms with van der Waals surface area (Å²) in [7, 11) is 0. The maximum Gasteiger partial charge on any atom is 0.192 e. The number of hydrogen-bond acceptors (Lipinski definition) is 5. The van der Waals surface area contributed by atoms with Crippen LogP contribution in [0.15, 0.2) is 90.6 Å². The first kappa shape index (κ1) is 25.5. The van der Waals surface area contributed by atoms with Crippen LogP contribution in [0.2, 0.25) is 0 Å². The third-order valence-corrected chi connectivity index (χ3v) is 7.22. The zero-order valence-corrected chi connectivity index (χ0v) is 21.8. The Kier molecular flexibility index (Phi) is 8.39. The summed E-state index contributed by atoms with van der Waals surface area (Å²) in [6, 6.07) is 23.8. The highest BCUT2D eigenvalue weighted by molar-refractivity contribution is 8.00. The lowest BCUT2D eigenvalue weighted by atomic mass is 10.0. The molecule has 4 aromatic rings. The van der Waals surface area contributed by atoms with Gasteiger partial charge in [0, 0.05) is 12.1 Å². The molecule has 0 fully saturated rings. The van der Waals surface area contributed by atoms with Gasteiger partial charge in [0.15, 0.2) is 16.8 Å². The van der Waals surface area contributed by atoms with E-state index in [2.05, 4.69) is 35.8 Å². The number of aryl methyl sites for hydroxylation is 3. The summed E-state index contributed by atoms with van der Waals surface area (Å²) >= 11 is 1.41. The van der Waals surface area contributed by atoms with Crippen LogP contribution in [0.4, 0.5) is 0 Å². The molecular weight excluding hydrogens is 466 g/mol. The monoisotopic (exact) mass is 497 g/mol. The van der Waals surface area contributed by atoms with Crippen LogP contribution in [0.5, 0.6) is 5.75 Å². The summed E-state index contributed by atoms with van der Waals surface area (Å²) in [5.41, 5.74) is 5.12. The average molecular weight is 498 g/mol. The molecule has 0 bridgehead atoms. The van der Waals surface area contributed by atoms with Crippen molar-refractivity contribution < 1.29 is 9.53 Å². The number of nitrogens with zero attached hydrogens (tertiary/aromatic N) is 3. The fourth-order valence-electron chi connectivity index (χ4n) is 3.78. The van der Waals surface area contributed by atoms with Crippen LogP contribution in [0.1, 0.15) is 50.6 Å². The Labute approximate surface area is 217 Å². The lowest BCUT2D eigenvalue weighted by Gasteiger charge is -2.17. The molecule has 0 amide bonds. The van der Waals surface area contributed by atoms with E-state index in [1.807, 2.05) is 79.1 Å². The van der Waals surface area contributed by atoms with Gasteiger partial charge >= 0.3 is 0 Å². The molecule has 5 nitrogen and oxygen atoms in total. The predicted molar refractivity (Wildman–Crippen MR) is 146 cm³/mol. The fourth-order valence-corrected chi connectivity index (χ4v) is 4.93. The first-order valence-electron chi connectivity index (χ1n) is 12.1. The SMILES string of the molecule is C=CCn1c(COc2ccc(CC)cc2)nnc1S[C@H](C(=O)c1ccc(C)cc1)c1ccc(C)cc1. The summed E-state index contributed by atoms with van der Waals surface area (Å²) in [5.74, 6) is 1.50. The molecule has 0 N–H and O–H groups in total. The number of carbonyl (C=O) groups is 1. The summed E-state index contributed by atoms with van der Waals surface area (Å²) in [6.45, 7) is 10.9. The quantitative estimate of drug-likeness (QED) is 0.128. The van der Waals surface area contributed by atoms with Crippen molar-refractivity contribution >= 4 is 17.5 Å². The minimum atomic E-state index is -0.462. The lowest BCUT2D eigenvalue weighted by Crippen LogP contribution is -2.12. The van der Waals surface area contributed by atoms with Crippen molar-refractivity contribution in [1.29, 1.82) is 0 Å². The Morgan fingerprint density at radius 1 is 0.972 bits per heavy atom. The molecule has 1 aromatic heterocycles. The van der Waals surface area contributed by atoms with E-state index < -0.39 is 5.25 Å². The molecule has 1 heterocycles. The summed E-state index contributed by atoms with van der Waals surface area (Å²) in [5, 5.41) is 9.03. The van der Waals surface area contributed by atoms with Crippen LogP contribution in [0.25, 0.3) is 0 Å². The number of carbonyl (C=O) groups excluding carboxylic acids is 1. The molecule has 0 spiro atoms. The molecule has 0 saturated carbocycles. The van der Waals surface area contributed by atoms with Crippen molar-refractivity contribution in [3.8, 4) is 5.75 Å². The molecule has 0 aliphatic heterocycles. The van der Waals surface area contributed by atoms with E-state index >= 15 is 0 Å². The number of thioether (sulfide) groups is 1. The van der Waals surface area contributed by atoms with Crippen LogP contribution in [0, 0.1) is 13.8 Å². The van der Waals surface area contributed by atoms with E-state index in [-0.39, 0.29) is 12.4 Å². The predicted octanol–water partition coefficient (Wildman–Crippen LogP) is 6.94.